The first-order valence-electron chi connectivity index (χ1n) is 6.68. The summed E-state index contributed by atoms with van der Waals surface area (Å²) < 4.78 is 7.25. The van der Waals surface area contributed by atoms with E-state index in [1.165, 1.54) is 0 Å². The van der Waals surface area contributed by atoms with Crippen molar-refractivity contribution in [2.24, 2.45) is 12.5 Å². The van der Waals surface area contributed by atoms with Crippen LogP contribution >= 0.6 is 0 Å². The molecule has 4 heteroatoms. The van der Waals surface area contributed by atoms with Crippen LogP contribution in [-0.2, 0) is 11.8 Å². The summed E-state index contributed by atoms with van der Waals surface area (Å²) in [6.07, 6.45) is 1.03. The molecule has 104 valence electrons. The Morgan fingerprint density at radius 2 is 2.05 bits per heavy atom. The highest BCUT2D eigenvalue weighted by Gasteiger charge is 2.18. The van der Waals surface area contributed by atoms with Crippen LogP contribution < -0.4 is 5.32 Å². The number of benzene rings is 1. The summed E-state index contributed by atoms with van der Waals surface area (Å²) in [5.74, 6) is 0.923. The lowest BCUT2D eigenvalue weighted by Gasteiger charge is -2.24. The molecule has 1 N–H and O–H groups in total. The quantitative estimate of drug-likeness (QED) is 0.868. The first-order chi connectivity index (χ1) is 9.03. The number of imidazole rings is 1. The van der Waals surface area contributed by atoms with Crippen LogP contribution in [-0.4, -0.2) is 29.8 Å². The van der Waals surface area contributed by atoms with Crippen molar-refractivity contribution in [3.63, 3.8) is 0 Å². The molecule has 0 aliphatic rings. The number of ether oxygens (including phenoxy) is 1. The number of hydrogen-bond donors (Lipinski definition) is 1. The zero-order valence-electron chi connectivity index (χ0n) is 12.2. The summed E-state index contributed by atoms with van der Waals surface area (Å²) in [6, 6.07) is 8.18. The Morgan fingerprint density at radius 3 is 2.74 bits per heavy atom. The van der Waals surface area contributed by atoms with Gasteiger partial charge < -0.3 is 14.6 Å². The number of hydrogen-bond acceptors (Lipinski definition) is 3. The van der Waals surface area contributed by atoms with Crippen LogP contribution in [0.4, 0.5) is 5.95 Å². The lowest BCUT2D eigenvalue weighted by atomic mass is 9.90. The summed E-state index contributed by atoms with van der Waals surface area (Å²) in [6.45, 7) is 6.15. The molecule has 1 aromatic heterocycles. The number of aromatic nitrogens is 2. The van der Waals surface area contributed by atoms with Crippen LogP contribution in [0.1, 0.15) is 20.3 Å². The number of nitrogens with one attached hydrogen (secondary N) is 1. The predicted molar refractivity (Wildman–Crippen MR) is 79.5 cm³/mol. The minimum absolute atomic E-state index is 0.189. The van der Waals surface area contributed by atoms with E-state index in [1.807, 2.05) is 25.2 Å². The maximum Gasteiger partial charge on any atom is 0.203 e. The van der Waals surface area contributed by atoms with Crippen LogP contribution in [0.5, 0.6) is 0 Å². The lowest BCUT2D eigenvalue weighted by Crippen LogP contribution is -2.25. The standard InChI is InChI=1S/C15H23N3O/c1-15(2,9-10-19-4)11-16-14-17-12-7-5-6-8-13(12)18(14)3/h5-8H,9-11H2,1-4H3,(H,16,17). The monoisotopic (exact) mass is 261 g/mol. The number of anilines is 1. The number of nitrogens with zero attached hydrogens (tertiary/aromatic N) is 2. The van der Waals surface area contributed by atoms with Gasteiger partial charge in [-0.25, -0.2) is 4.98 Å². The van der Waals surface area contributed by atoms with Crippen molar-refractivity contribution in [3.05, 3.63) is 24.3 Å². The molecule has 2 rings (SSSR count). The number of aryl methyl sites for hydroxylation is 1. The Morgan fingerprint density at radius 1 is 1.32 bits per heavy atom. The number of fused-ring (bicyclic) bond motifs is 1. The fourth-order valence-electron chi connectivity index (χ4n) is 2.09. The van der Waals surface area contributed by atoms with Gasteiger partial charge in [0.25, 0.3) is 0 Å². The van der Waals surface area contributed by atoms with Gasteiger partial charge in [0.15, 0.2) is 0 Å². The largest absolute Gasteiger partial charge is 0.385 e. The van der Waals surface area contributed by atoms with Gasteiger partial charge in [0.1, 0.15) is 0 Å². The summed E-state index contributed by atoms with van der Waals surface area (Å²) in [5, 5.41) is 3.45. The van der Waals surface area contributed by atoms with E-state index in [1.54, 1.807) is 7.11 Å². The third-order valence-corrected chi connectivity index (χ3v) is 3.50. The van der Waals surface area contributed by atoms with Crippen molar-refractivity contribution >= 4 is 17.0 Å². The molecule has 0 atom stereocenters. The normalized spacial score (nSPS) is 12.0. The van der Waals surface area contributed by atoms with Crippen LogP contribution in [0.2, 0.25) is 0 Å². The molecule has 0 aliphatic carbocycles. The molecule has 0 fully saturated rings. The fraction of sp³-hybridized carbons (Fsp3) is 0.533. The van der Waals surface area contributed by atoms with Crippen molar-refractivity contribution in [3.8, 4) is 0 Å². The molecule has 0 radical (unpaired) electrons. The molecular formula is C15H23N3O. The Labute approximate surface area is 114 Å². The van der Waals surface area contributed by atoms with Gasteiger partial charge in [-0.1, -0.05) is 26.0 Å². The van der Waals surface area contributed by atoms with E-state index in [0.29, 0.717) is 0 Å². The van der Waals surface area contributed by atoms with E-state index < -0.39 is 0 Å². The average molecular weight is 261 g/mol. The van der Waals surface area contributed by atoms with Crippen molar-refractivity contribution in [1.82, 2.24) is 9.55 Å². The maximum absolute atomic E-state index is 5.15. The first kappa shape index (κ1) is 13.9. The van der Waals surface area contributed by atoms with E-state index in [-0.39, 0.29) is 5.41 Å². The number of para-hydroxylation sites is 2. The Bertz CT molecular complexity index is 545. The van der Waals surface area contributed by atoms with Gasteiger partial charge in [-0.05, 0) is 24.0 Å². The Balaban J connectivity index is 2.07. The average Bonchev–Trinajstić information content (AvgIpc) is 2.72. The van der Waals surface area contributed by atoms with Gasteiger partial charge in [0.05, 0.1) is 11.0 Å². The van der Waals surface area contributed by atoms with Crippen LogP contribution in [0.15, 0.2) is 24.3 Å². The van der Waals surface area contributed by atoms with Crippen LogP contribution in [0, 0.1) is 5.41 Å². The molecular weight excluding hydrogens is 238 g/mol. The molecule has 2 aromatic rings. The van der Waals surface area contributed by atoms with Crippen LogP contribution in [0.25, 0.3) is 11.0 Å². The van der Waals surface area contributed by atoms with Gasteiger partial charge in [-0.15, -0.1) is 0 Å². The molecule has 0 spiro atoms. The zero-order chi connectivity index (χ0) is 13.9. The molecule has 0 amide bonds. The smallest absolute Gasteiger partial charge is 0.203 e. The molecule has 4 nitrogen and oxygen atoms in total. The summed E-state index contributed by atoms with van der Waals surface area (Å²) >= 11 is 0. The van der Waals surface area contributed by atoms with E-state index in [2.05, 4.69) is 34.8 Å². The molecule has 0 saturated carbocycles. The van der Waals surface area contributed by atoms with E-state index >= 15 is 0 Å². The minimum Gasteiger partial charge on any atom is -0.385 e. The number of methoxy groups -OCH3 is 1. The second-order valence-electron chi connectivity index (χ2n) is 5.74. The lowest BCUT2D eigenvalue weighted by molar-refractivity contribution is 0.157. The first-order valence-corrected chi connectivity index (χ1v) is 6.68. The van der Waals surface area contributed by atoms with Crippen molar-refractivity contribution in [2.75, 3.05) is 25.6 Å². The second-order valence-corrected chi connectivity index (χ2v) is 5.74. The SMILES string of the molecule is COCCC(C)(C)CNc1nc2ccccc2n1C. The van der Waals surface area contributed by atoms with Crippen molar-refractivity contribution in [1.29, 1.82) is 0 Å². The molecule has 0 aliphatic heterocycles. The highest BCUT2D eigenvalue weighted by molar-refractivity contribution is 5.78. The summed E-state index contributed by atoms with van der Waals surface area (Å²) in [7, 11) is 3.79. The Kier molecular flexibility index (Phi) is 4.10. The highest BCUT2D eigenvalue weighted by Crippen LogP contribution is 2.23. The minimum atomic E-state index is 0.189. The molecule has 0 unspecified atom stereocenters. The molecule has 0 saturated heterocycles. The predicted octanol–water partition coefficient (Wildman–Crippen LogP) is 3.05. The number of rotatable bonds is 6. The Hall–Kier alpha value is -1.55. The van der Waals surface area contributed by atoms with Crippen molar-refractivity contribution in [2.45, 2.75) is 20.3 Å². The third kappa shape index (κ3) is 3.26. The maximum atomic E-state index is 5.15. The van der Waals surface area contributed by atoms with Gasteiger partial charge in [-0.3, -0.25) is 0 Å². The summed E-state index contributed by atoms with van der Waals surface area (Å²) in [4.78, 5) is 4.62. The zero-order valence-corrected chi connectivity index (χ0v) is 12.2. The molecule has 1 aromatic carbocycles. The third-order valence-electron chi connectivity index (χ3n) is 3.50. The highest BCUT2D eigenvalue weighted by atomic mass is 16.5. The van der Waals surface area contributed by atoms with Crippen molar-refractivity contribution < 1.29 is 4.74 Å². The van der Waals surface area contributed by atoms with E-state index in [4.69, 9.17) is 4.74 Å². The van der Waals surface area contributed by atoms with Gasteiger partial charge in [0, 0.05) is 27.3 Å². The van der Waals surface area contributed by atoms with Gasteiger partial charge in [0.2, 0.25) is 5.95 Å². The molecule has 1 heterocycles. The molecule has 0 bridgehead atoms. The summed E-state index contributed by atoms with van der Waals surface area (Å²) in [5.41, 5.74) is 2.37. The molecule has 19 heavy (non-hydrogen) atoms. The van der Waals surface area contributed by atoms with Gasteiger partial charge >= 0.3 is 0 Å². The van der Waals surface area contributed by atoms with E-state index in [0.717, 1.165) is 36.6 Å². The topological polar surface area (TPSA) is 39.1 Å². The van der Waals surface area contributed by atoms with Gasteiger partial charge in [-0.2, -0.15) is 0 Å². The van der Waals surface area contributed by atoms with Crippen LogP contribution in [0.3, 0.4) is 0 Å². The fourth-order valence-corrected chi connectivity index (χ4v) is 2.09. The van der Waals surface area contributed by atoms with E-state index in [9.17, 15) is 0 Å². The second kappa shape index (κ2) is 5.61.